The van der Waals surface area contributed by atoms with Gasteiger partial charge in [0.15, 0.2) is 23.3 Å². The quantitative estimate of drug-likeness (QED) is 0.222. The first-order valence-electron chi connectivity index (χ1n) is 9.10. The van der Waals surface area contributed by atoms with E-state index in [2.05, 4.69) is 20.4 Å². The molecule has 3 N–H and O–H groups in total. The van der Waals surface area contributed by atoms with Crippen molar-refractivity contribution in [1.29, 1.82) is 0 Å². The molecular weight excluding hydrogens is 473 g/mol. The Morgan fingerprint density at radius 1 is 1.21 bits per heavy atom. The number of aryl methyl sites for hydroxylation is 1. The third-order valence-electron chi connectivity index (χ3n) is 4.00. The molecule has 156 valence electrons. The van der Waals surface area contributed by atoms with E-state index in [-0.39, 0.29) is 29.9 Å². The first kappa shape index (κ1) is 24.0. The summed E-state index contributed by atoms with van der Waals surface area (Å²) >= 11 is 0. The summed E-state index contributed by atoms with van der Waals surface area (Å²) in [5.74, 6) is 3.53. The van der Waals surface area contributed by atoms with E-state index in [1.165, 1.54) is 0 Å². The number of aliphatic imine (C=N–C) groups is 1. The first-order chi connectivity index (χ1) is 13.0. The zero-order valence-corrected chi connectivity index (χ0v) is 19.2. The average molecular weight is 503 g/mol. The number of nitrogens with zero attached hydrogens (tertiary/aromatic N) is 3. The topological polar surface area (TPSA) is 108 Å². The van der Waals surface area contributed by atoms with Crippen LogP contribution in [0.25, 0.3) is 0 Å². The molecule has 9 heteroatoms. The molecule has 0 saturated carbocycles. The van der Waals surface area contributed by atoms with Gasteiger partial charge in [-0.05, 0) is 30.5 Å². The summed E-state index contributed by atoms with van der Waals surface area (Å²) in [5, 5.41) is 7.07. The largest absolute Gasteiger partial charge is 0.493 e. The van der Waals surface area contributed by atoms with Crippen molar-refractivity contribution < 1.29 is 14.0 Å². The second kappa shape index (κ2) is 12.4. The molecule has 28 heavy (non-hydrogen) atoms. The lowest BCUT2D eigenvalue weighted by atomic mass is 10.1. The zero-order valence-electron chi connectivity index (χ0n) is 16.9. The van der Waals surface area contributed by atoms with Gasteiger partial charge >= 0.3 is 0 Å². The predicted octanol–water partition coefficient (Wildman–Crippen LogP) is 2.91. The SMILES string of the molecule is COc1ccc(CCNC(N)=NCCCc2nc(C(C)C)no2)cc1OC.I. The average Bonchev–Trinajstić information content (AvgIpc) is 3.14. The first-order valence-corrected chi connectivity index (χ1v) is 9.10. The number of guanidine groups is 1. The molecule has 2 aromatic rings. The van der Waals surface area contributed by atoms with Gasteiger partial charge in [0.25, 0.3) is 0 Å². The molecule has 0 aliphatic rings. The van der Waals surface area contributed by atoms with E-state index in [0.29, 0.717) is 31.4 Å². The Bertz CT molecular complexity index is 749. The number of benzene rings is 1. The van der Waals surface area contributed by atoms with Crippen molar-refractivity contribution in [3.05, 3.63) is 35.5 Å². The Balaban J connectivity index is 0.00000392. The van der Waals surface area contributed by atoms with Crippen molar-refractivity contribution in [3.63, 3.8) is 0 Å². The van der Waals surface area contributed by atoms with E-state index in [9.17, 15) is 0 Å². The second-order valence-electron chi connectivity index (χ2n) is 6.44. The fourth-order valence-corrected chi connectivity index (χ4v) is 2.46. The third-order valence-corrected chi connectivity index (χ3v) is 4.00. The molecule has 1 heterocycles. The number of nitrogens with two attached hydrogens (primary N) is 1. The molecule has 0 aliphatic heterocycles. The smallest absolute Gasteiger partial charge is 0.226 e. The van der Waals surface area contributed by atoms with Crippen molar-refractivity contribution in [2.24, 2.45) is 10.7 Å². The van der Waals surface area contributed by atoms with Crippen molar-refractivity contribution in [2.45, 2.75) is 39.0 Å². The monoisotopic (exact) mass is 503 g/mol. The van der Waals surface area contributed by atoms with Crippen molar-refractivity contribution in [2.75, 3.05) is 27.3 Å². The maximum Gasteiger partial charge on any atom is 0.226 e. The molecule has 0 amide bonds. The number of methoxy groups -OCH3 is 2. The third kappa shape index (κ3) is 7.53. The van der Waals surface area contributed by atoms with Crippen LogP contribution in [0.5, 0.6) is 11.5 Å². The highest BCUT2D eigenvalue weighted by Crippen LogP contribution is 2.27. The van der Waals surface area contributed by atoms with Crippen LogP contribution < -0.4 is 20.5 Å². The van der Waals surface area contributed by atoms with E-state index in [0.717, 1.165) is 35.7 Å². The summed E-state index contributed by atoms with van der Waals surface area (Å²) in [6.07, 6.45) is 2.30. The van der Waals surface area contributed by atoms with Crippen LogP contribution in [0.1, 0.15) is 43.5 Å². The maximum atomic E-state index is 5.91. The van der Waals surface area contributed by atoms with Gasteiger partial charge in [0.1, 0.15) is 0 Å². The molecule has 1 aromatic carbocycles. The minimum Gasteiger partial charge on any atom is -0.493 e. The fraction of sp³-hybridized carbons (Fsp3) is 0.526. The van der Waals surface area contributed by atoms with Gasteiger partial charge in [-0.2, -0.15) is 4.98 Å². The number of hydrogen-bond acceptors (Lipinski definition) is 6. The van der Waals surface area contributed by atoms with Crippen LogP contribution in [0.15, 0.2) is 27.7 Å². The highest BCUT2D eigenvalue weighted by atomic mass is 127. The Kier molecular flexibility index (Phi) is 10.6. The van der Waals surface area contributed by atoms with E-state index in [1.54, 1.807) is 14.2 Å². The van der Waals surface area contributed by atoms with Gasteiger partial charge in [-0.1, -0.05) is 25.1 Å². The fourth-order valence-electron chi connectivity index (χ4n) is 2.46. The number of ether oxygens (including phenoxy) is 2. The Labute approximate surface area is 183 Å². The summed E-state index contributed by atoms with van der Waals surface area (Å²) in [7, 11) is 3.25. The van der Waals surface area contributed by atoms with Crippen LogP contribution in [-0.2, 0) is 12.8 Å². The predicted molar refractivity (Wildman–Crippen MR) is 120 cm³/mol. The zero-order chi connectivity index (χ0) is 19.6. The Hall–Kier alpha value is -2.04. The van der Waals surface area contributed by atoms with Crippen LogP contribution >= 0.6 is 24.0 Å². The summed E-state index contributed by atoms with van der Waals surface area (Å²) in [6.45, 7) is 5.36. The highest BCUT2D eigenvalue weighted by Gasteiger charge is 2.09. The lowest BCUT2D eigenvalue weighted by Gasteiger charge is -2.10. The molecule has 0 unspecified atom stereocenters. The van der Waals surface area contributed by atoms with Crippen LogP contribution in [0, 0.1) is 0 Å². The molecular formula is C19H30IN5O3. The maximum absolute atomic E-state index is 5.91. The second-order valence-corrected chi connectivity index (χ2v) is 6.44. The highest BCUT2D eigenvalue weighted by molar-refractivity contribution is 14.0. The molecule has 0 saturated heterocycles. The molecule has 0 aliphatic carbocycles. The lowest BCUT2D eigenvalue weighted by molar-refractivity contribution is 0.354. The van der Waals surface area contributed by atoms with Crippen LogP contribution in [0.4, 0.5) is 0 Å². The molecule has 0 fully saturated rings. The number of nitrogens with one attached hydrogen (secondary N) is 1. The van der Waals surface area contributed by atoms with E-state index >= 15 is 0 Å². The van der Waals surface area contributed by atoms with Crippen LogP contribution in [0.3, 0.4) is 0 Å². The van der Waals surface area contributed by atoms with Crippen LogP contribution in [-0.4, -0.2) is 43.4 Å². The summed E-state index contributed by atoms with van der Waals surface area (Å²) < 4.78 is 15.8. The molecule has 0 bridgehead atoms. The molecule has 2 rings (SSSR count). The molecule has 0 radical (unpaired) electrons. The van der Waals surface area contributed by atoms with E-state index in [1.807, 2.05) is 32.0 Å². The van der Waals surface area contributed by atoms with Crippen molar-refractivity contribution in [3.8, 4) is 11.5 Å². The summed E-state index contributed by atoms with van der Waals surface area (Å²) in [6, 6.07) is 5.86. The molecule has 0 atom stereocenters. The molecule has 0 spiro atoms. The van der Waals surface area contributed by atoms with Gasteiger partial charge < -0.3 is 25.0 Å². The normalized spacial score (nSPS) is 11.2. The van der Waals surface area contributed by atoms with Crippen molar-refractivity contribution in [1.82, 2.24) is 15.5 Å². The number of hydrogen-bond donors (Lipinski definition) is 2. The van der Waals surface area contributed by atoms with Crippen molar-refractivity contribution >= 4 is 29.9 Å². The Morgan fingerprint density at radius 2 is 1.96 bits per heavy atom. The van der Waals surface area contributed by atoms with Gasteiger partial charge in [0.05, 0.1) is 14.2 Å². The lowest BCUT2D eigenvalue weighted by Crippen LogP contribution is -2.33. The van der Waals surface area contributed by atoms with Gasteiger partial charge in [0, 0.05) is 25.4 Å². The summed E-state index contributed by atoms with van der Waals surface area (Å²) in [5.41, 5.74) is 7.04. The minimum absolute atomic E-state index is 0. The molecule has 8 nitrogen and oxygen atoms in total. The standard InChI is InChI=1S/C19H29N5O3.HI/c1-13(2)18-23-17(27-24-18)6-5-10-21-19(20)22-11-9-14-7-8-15(25-3)16(12-14)26-4;/h7-8,12-13H,5-6,9-11H2,1-4H3,(H3,20,21,22);1H. The number of halogens is 1. The van der Waals surface area contributed by atoms with E-state index in [4.69, 9.17) is 19.7 Å². The van der Waals surface area contributed by atoms with Gasteiger partial charge in [-0.25, -0.2) is 0 Å². The van der Waals surface area contributed by atoms with Gasteiger partial charge in [0.2, 0.25) is 5.89 Å². The van der Waals surface area contributed by atoms with E-state index < -0.39 is 0 Å². The Morgan fingerprint density at radius 3 is 2.61 bits per heavy atom. The number of aromatic nitrogens is 2. The number of rotatable bonds is 10. The van der Waals surface area contributed by atoms with Crippen LogP contribution in [0.2, 0.25) is 0 Å². The van der Waals surface area contributed by atoms with Gasteiger partial charge in [-0.15, -0.1) is 24.0 Å². The minimum atomic E-state index is 0. The van der Waals surface area contributed by atoms with Gasteiger partial charge in [-0.3, -0.25) is 4.99 Å². The summed E-state index contributed by atoms with van der Waals surface area (Å²) in [4.78, 5) is 8.67. The molecule has 1 aromatic heterocycles.